The molecular formula is C38H26ClN5. The summed E-state index contributed by atoms with van der Waals surface area (Å²) in [4.78, 5) is 19.3. The van der Waals surface area contributed by atoms with Crippen molar-refractivity contribution in [2.24, 2.45) is 0 Å². The van der Waals surface area contributed by atoms with Gasteiger partial charge in [-0.1, -0.05) is 11.6 Å². The van der Waals surface area contributed by atoms with Crippen LogP contribution >= 0.6 is 11.6 Å². The van der Waals surface area contributed by atoms with Gasteiger partial charge in [-0.2, -0.15) is 0 Å². The zero-order valence-corrected chi connectivity index (χ0v) is 24.4. The predicted molar refractivity (Wildman–Crippen MR) is 179 cm³/mol. The van der Waals surface area contributed by atoms with E-state index >= 15 is 0 Å². The molecule has 0 saturated heterocycles. The molecule has 0 amide bonds. The number of hydrogen-bond acceptors (Lipinski definition) is 5. The monoisotopic (exact) mass is 587 g/mol. The molecule has 0 aliphatic rings. The molecule has 0 radical (unpaired) electrons. The Kier molecular flexibility index (Phi) is 7.60. The zero-order chi connectivity index (χ0) is 29.7. The number of benzene rings is 3. The van der Waals surface area contributed by atoms with E-state index in [4.69, 9.17) is 11.6 Å². The molecule has 0 aliphatic heterocycles. The van der Waals surface area contributed by atoms with Crippen LogP contribution in [0.3, 0.4) is 0 Å². The Labute approximate surface area is 261 Å². The summed E-state index contributed by atoms with van der Waals surface area (Å²) in [5.41, 5.74) is 11.6. The highest BCUT2D eigenvalue weighted by atomic mass is 35.5. The summed E-state index contributed by atoms with van der Waals surface area (Å²) in [6, 6.07) is 37.6. The molecule has 6 heteroatoms. The van der Waals surface area contributed by atoms with Crippen molar-refractivity contribution in [1.29, 1.82) is 0 Å². The summed E-state index contributed by atoms with van der Waals surface area (Å²) >= 11 is 6.39. The Hall–Kier alpha value is -5.65. The van der Waals surface area contributed by atoms with Gasteiger partial charge in [0.05, 0.1) is 0 Å². The van der Waals surface area contributed by atoms with Crippen LogP contribution in [0.4, 0.5) is 17.1 Å². The van der Waals surface area contributed by atoms with E-state index in [2.05, 4.69) is 73.4 Å². The minimum Gasteiger partial charge on any atom is -0.310 e. The van der Waals surface area contributed by atoms with Crippen LogP contribution in [0.5, 0.6) is 0 Å². The number of rotatable bonds is 7. The van der Waals surface area contributed by atoms with Crippen LogP contribution < -0.4 is 4.90 Å². The van der Waals surface area contributed by atoms with Crippen molar-refractivity contribution < 1.29 is 0 Å². The maximum absolute atomic E-state index is 6.39. The number of hydrogen-bond donors (Lipinski definition) is 0. The van der Waals surface area contributed by atoms with Crippen molar-refractivity contribution >= 4 is 28.7 Å². The van der Waals surface area contributed by atoms with Crippen LogP contribution in [0, 0.1) is 0 Å². The molecule has 0 aliphatic carbocycles. The van der Waals surface area contributed by atoms with E-state index in [0.29, 0.717) is 5.02 Å². The predicted octanol–water partition coefficient (Wildman–Crippen LogP) is 10.1. The van der Waals surface area contributed by atoms with E-state index < -0.39 is 0 Å². The molecule has 3 aromatic carbocycles. The molecule has 0 unspecified atom stereocenters. The number of anilines is 3. The molecule has 210 valence electrons. The summed E-state index contributed by atoms with van der Waals surface area (Å²) < 4.78 is 0. The van der Waals surface area contributed by atoms with Crippen LogP contribution in [0.25, 0.3) is 44.5 Å². The molecule has 4 heterocycles. The highest BCUT2D eigenvalue weighted by molar-refractivity contribution is 6.30. The fourth-order valence-electron chi connectivity index (χ4n) is 5.36. The lowest BCUT2D eigenvalue weighted by Gasteiger charge is -2.28. The van der Waals surface area contributed by atoms with Crippen LogP contribution in [0.2, 0.25) is 5.02 Å². The van der Waals surface area contributed by atoms with Gasteiger partial charge in [0.15, 0.2) is 0 Å². The summed E-state index contributed by atoms with van der Waals surface area (Å²) in [6.45, 7) is 0. The summed E-state index contributed by atoms with van der Waals surface area (Å²) in [6.07, 6.45) is 14.6. The average molecular weight is 588 g/mol. The standard InChI is InChI=1S/C38H26ClN5/c39-35-1-3-36(4-2-35)44(37-23-31(27-5-13-40-14-6-27)21-32(24-37)28-7-15-41-16-8-28)38-25-33(29-9-17-42-18-10-29)22-34(26-38)30-11-19-43-20-12-30/h1-26H. The lowest BCUT2D eigenvalue weighted by molar-refractivity contribution is 1.27. The third-order valence-electron chi connectivity index (χ3n) is 7.49. The normalized spacial score (nSPS) is 10.8. The molecule has 0 atom stereocenters. The van der Waals surface area contributed by atoms with Gasteiger partial charge in [-0.15, -0.1) is 0 Å². The van der Waals surface area contributed by atoms with Gasteiger partial charge in [-0.05, 0) is 154 Å². The largest absolute Gasteiger partial charge is 0.310 e. The van der Waals surface area contributed by atoms with Gasteiger partial charge < -0.3 is 4.90 Å². The quantitative estimate of drug-likeness (QED) is 0.186. The molecular weight excluding hydrogens is 562 g/mol. The third-order valence-corrected chi connectivity index (χ3v) is 7.74. The second-order valence-electron chi connectivity index (χ2n) is 10.3. The van der Waals surface area contributed by atoms with E-state index in [1.165, 1.54) is 0 Å². The lowest BCUT2D eigenvalue weighted by atomic mass is 9.96. The minimum absolute atomic E-state index is 0.680. The van der Waals surface area contributed by atoms with Gasteiger partial charge in [-0.3, -0.25) is 19.9 Å². The molecule has 0 bridgehead atoms. The van der Waals surface area contributed by atoms with Gasteiger partial charge in [0.2, 0.25) is 0 Å². The first-order chi connectivity index (χ1) is 21.7. The van der Waals surface area contributed by atoms with Crippen molar-refractivity contribution in [2.75, 3.05) is 4.90 Å². The van der Waals surface area contributed by atoms with Crippen LogP contribution in [-0.4, -0.2) is 19.9 Å². The molecule has 5 nitrogen and oxygen atoms in total. The minimum atomic E-state index is 0.680. The summed E-state index contributed by atoms with van der Waals surface area (Å²) in [5.74, 6) is 0. The average Bonchev–Trinajstić information content (AvgIpc) is 3.10. The third kappa shape index (κ3) is 5.82. The number of halogens is 1. The molecule has 44 heavy (non-hydrogen) atoms. The molecule has 4 aromatic heterocycles. The molecule has 0 spiro atoms. The van der Waals surface area contributed by atoms with E-state index in [1.54, 1.807) is 0 Å². The first-order valence-corrected chi connectivity index (χ1v) is 14.6. The fraction of sp³-hybridized carbons (Fsp3) is 0. The van der Waals surface area contributed by atoms with Gasteiger partial charge >= 0.3 is 0 Å². The van der Waals surface area contributed by atoms with Crippen molar-refractivity contribution in [1.82, 2.24) is 19.9 Å². The Bertz CT molecular complexity index is 1760. The van der Waals surface area contributed by atoms with E-state index in [9.17, 15) is 0 Å². The molecule has 7 aromatic rings. The van der Waals surface area contributed by atoms with Crippen LogP contribution in [0.15, 0.2) is 159 Å². The van der Waals surface area contributed by atoms with E-state index in [0.717, 1.165) is 61.6 Å². The summed E-state index contributed by atoms with van der Waals surface area (Å²) in [5, 5.41) is 0.680. The van der Waals surface area contributed by atoms with Crippen molar-refractivity contribution in [2.45, 2.75) is 0 Å². The summed E-state index contributed by atoms with van der Waals surface area (Å²) in [7, 11) is 0. The first kappa shape index (κ1) is 27.2. The maximum atomic E-state index is 6.39. The smallest absolute Gasteiger partial charge is 0.0473 e. The van der Waals surface area contributed by atoms with Crippen LogP contribution in [0.1, 0.15) is 0 Å². The van der Waals surface area contributed by atoms with Gasteiger partial charge in [0.25, 0.3) is 0 Å². The second-order valence-corrected chi connectivity index (χ2v) is 10.7. The van der Waals surface area contributed by atoms with Crippen molar-refractivity contribution in [3.63, 3.8) is 0 Å². The maximum Gasteiger partial charge on any atom is 0.0473 e. The fourth-order valence-corrected chi connectivity index (χ4v) is 5.49. The van der Waals surface area contributed by atoms with Crippen LogP contribution in [-0.2, 0) is 0 Å². The lowest BCUT2D eigenvalue weighted by Crippen LogP contribution is -2.11. The highest BCUT2D eigenvalue weighted by Crippen LogP contribution is 2.42. The van der Waals surface area contributed by atoms with Gasteiger partial charge in [0, 0.05) is 71.7 Å². The molecule has 7 rings (SSSR count). The SMILES string of the molecule is Clc1ccc(N(c2cc(-c3ccncc3)cc(-c3ccncc3)c2)c2cc(-c3ccncc3)cc(-c3ccncc3)c2)cc1. The van der Waals surface area contributed by atoms with Crippen molar-refractivity contribution in [3.8, 4) is 44.5 Å². The van der Waals surface area contributed by atoms with Gasteiger partial charge in [-0.25, -0.2) is 0 Å². The first-order valence-electron chi connectivity index (χ1n) is 14.2. The molecule has 0 fully saturated rings. The Balaban J connectivity index is 1.50. The second kappa shape index (κ2) is 12.3. The highest BCUT2D eigenvalue weighted by Gasteiger charge is 2.18. The Morgan fingerprint density at radius 3 is 0.909 bits per heavy atom. The van der Waals surface area contributed by atoms with Crippen molar-refractivity contribution in [3.05, 3.63) is 164 Å². The number of aromatic nitrogens is 4. The number of nitrogens with zero attached hydrogens (tertiary/aromatic N) is 5. The number of pyridine rings is 4. The van der Waals surface area contributed by atoms with Gasteiger partial charge in [0.1, 0.15) is 0 Å². The molecule has 0 N–H and O–H groups in total. The topological polar surface area (TPSA) is 54.8 Å². The Morgan fingerprint density at radius 2 is 0.614 bits per heavy atom. The zero-order valence-electron chi connectivity index (χ0n) is 23.6. The van der Waals surface area contributed by atoms with E-state index in [-0.39, 0.29) is 0 Å². The molecule has 0 saturated carbocycles. The van der Waals surface area contributed by atoms with E-state index in [1.807, 2.05) is 110 Å². The Morgan fingerprint density at radius 1 is 0.318 bits per heavy atom.